The Morgan fingerprint density at radius 1 is 1.20 bits per heavy atom. The molecule has 4 nitrogen and oxygen atoms in total. The third-order valence-corrected chi connectivity index (χ3v) is 3.15. The molecule has 0 fully saturated rings. The number of carbonyl (C=O) groups excluding carboxylic acids is 1. The molecule has 0 aliphatic heterocycles. The van der Waals surface area contributed by atoms with Gasteiger partial charge in [-0.25, -0.2) is 0 Å². The van der Waals surface area contributed by atoms with Crippen molar-refractivity contribution in [3.8, 4) is 5.75 Å². The Bertz CT molecular complexity index is 602. The molecule has 0 unspecified atom stereocenters. The average Bonchev–Trinajstić information content (AvgIpc) is 2.46. The highest BCUT2D eigenvalue weighted by Crippen LogP contribution is 2.22. The molecule has 0 aromatic heterocycles. The second-order valence-corrected chi connectivity index (χ2v) is 5.03. The average molecular weight is 335 g/mol. The molecule has 2 N–H and O–H groups in total. The van der Waals surface area contributed by atoms with Crippen LogP contribution in [0.2, 0.25) is 0 Å². The van der Waals surface area contributed by atoms with E-state index in [0.29, 0.717) is 11.4 Å². The summed E-state index contributed by atoms with van der Waals surface area (Å²) in [6.07, 6.45) is 0. The molecular weight excluding hydrogens is 320 g/mol. The van der Waals surface area contributed by atoms with Crippen LogP contribution in [0.3, 0.4) is 0 Å². The standard InChI is InChI=1S/C15H15BrN2O2/c1-20-14-8-3-2-7-13(14)18-15(19)10-17-12-6-4-5-11(16)9-12/h2-9,17H,10H2,1H3,(H,18,19). The molecule has 20 heavy (non-hydrogen) atoms. The molecule has 0 spiro atoms. The topological polar surface area (TPSA) is 50.4 Å². The van der Waals surface area contributed by atoms with E-state index >= 15 is 0 Å². The Morgan fingerprint density at radius 3 is 2.75 bits per heavy atom. The van der Waals surface area contributed by atoms with E-state index < -0.39 is 0 Å². The van der Waals surface area contributed by atoms with Crippen LogP contribution in [0.1, 0.15) is 0 Å². The van der Waals surface area contributed by atoms with Crippen LogP contribution < -0.4 is 15.4 Å². The smallest absolute Gasteiger partial charge is 0.243 e. The largest absolute Gasteiger partial charge is 0.495 e. The van der Waals surface area contributed by atoms with Crippen molar-refractivity contribution in [2.75, 3.05) is 24.3 Å². The number of para-hydroxylation sites is 2. The monoisotopic (exact) mass is 334 g/mol. The fourth-order valence-electron chi connectivity index (χ4n) is 1.72. The first-order chi connectivity index (χ1) is 9.69. The summed E-state index contributed by atoms with van der Waals surface area (Å²) in [6.45, 7) is 0.189. The summed E-state index contributed by atoms with van der Waals surface area (Å²) in [5.41, 5.74) is 1.55. The lowest BCUT2D eigenvalue weighted by molar-refractivity contribution is -0.114. The molecule has 0 saturated heterocycles. The number of amides is 1. The van der Waals surface area contributed by atoms with Crippen molar-refractivity contribution in [2.45, 2.75) is 0 Å². The number of methoxy groups -OCH3 is 1. The summed E-state index contributed by atoms with van der Waals surface area (Å²) in [4.78, 5) is 11.9. The zero-order chi connectivity index (χ0) is 14.4. The van der Waals surface area contributed by atoms with E-state index in [1.165, 1.54) is 0 Å². The Labute approximate surface area is 126 Å². The van der Waals surface area contributed by atoms with Gasteiger partial charge in [0.2, 0.25) is 5.91 Å². The van der Waals surface area contributed by atoms with Crippen molar-refractivity contribution in [1.82, 2.24) is 0 Å². The van der Waals surface area contributed by atoms with Crippen LogP contribution in [-0.2, 0) is 4.79 Å². The number of halogens is 1. The van der Waals surface area contributed by atoms with E-state index in [1.54, 1.807) is 19.2 Å². The van der Waals surface area contributed by atoms with Crippen molar-refractivity contribution in [3.63, 3.8) is 0 Å². The van der Waals surface area contributed by atoms with Crippen molar-refractivity contribution in [3.05, 3.63) is 53.0 Å². The van der Waals surface area contributed by atoms with Gasteiger partial charge in [-0.05, 0) is 30.3 Å². The summed E-state index contributed by atoms with van der Waals surface area (Å²) < 4.78 is 6.15. The number of carbonyl (C=O) groups is 1. The van der Waals surface area contributed by atoms with Crippen LogP contribution in [0.25, 0.3) is 0 Å². The summed E-state index contributed by atoms with van der Waals surface area (Å²) in [7, 11) is 1.57. The number of rotatable bonds is 5. The van der Waals surface area contributed by atoms with E-state index in [0.717, 1.165) is 10.2 Å². The van der Waals surface area contributed by atoms with Crippen molar-refractivity contribution in [1.29, 1.82) is 0 Å². The zero-order valence-corrected chi connectivity index (χ0v) is 12.6. The van der Waals surface area contributed by atoms with Gasteiger partial charge in [0.1, 0.15) is 5.75 Å². The molecule has 0 heterocycles. The highest BCUT2D eigenvalue weighted by Gasteiger charge is 2.06. The predicted octanol–water partition coefficient (Wildman–Crippen LogP) is 3.51. The third kappa shape index (κ3) is 3.99. The van der Waals surface area contributed by atoms with E-state index in [1.807, 2.05) is 36.4 Å². The Morgan fingerprint density at radius 2 is 2.00 bits per heavy atom. The van der Waals surface area contributed by atoms with Crippen LogP contribution in [0, 0.1) is 0 Å². The lowest BCUT2D eigenvalue weighted by Gasteiger charge is -2.11. The fourth-order valence-corrected chi connectivity index (χ4v) is 2.12. The quantitative estimate of drug-likeness (QED) is 0.879. The lowest BCUT2D eigenvalue weighted by atomic mass is 10.3. The second-order valence-electron chi connectivity index (χ2n) is 4.11. The fraction of sp³-hybridized carbons (Fsp3) is 0.133. The van der Waals surface area contributed by atoms with Gasteiger partial charge in [-0.3, -0.25) is 4.79 Å². The first-order valence-electron chi connectivity index (χ1n) is 6.11. The van der Waals surface area contributed by atoms with E-state index in [4.69, 9.17) is 4.74 Å². The normalized spacial score (nSPS) is 9.90. The van der Waals surface area contributed by atoms with Crippen molar-refractivity contribution >= 4 is 33.2 Å². The molecule has 0 atom stereocenters. The Balaban J connectivity index is 1.93. The molecule has 1 amide bonds. The highest BCUT2D eigenvalue weighted by atomic mass is 79.9. The van der Waals surface area contributed by atoms with E-state index in [-0.39, 0.29) is 12.5 Å². The lowest BCUT2D eigenvalue weighted by Crippen LogP contribution is -2.22. The van der Waals surface area contributed by atoms with Crippen LogP contribution >= 0.6 is 15.9 Å². The maximum absolute atomic E-state index is 11.9. The Hall–Kier alpha value is -2.01. The molecule has 2 aromatic rings. The van der Waals surface area contributed by atoms with Gasteiger partial charge in [-0.1, -0.05) is 34.1 Å². The summed E-state index contributed by atoms with van der Waals surface area (Å²) in [5, 5.41) is 5.87. The maximum Gasteiger partial charge on any atom is 0.243 e. The summed E-state index contributed by atoms with van der Waals surface area (Å²) >= 11 is 3.38. The number of ether oxygens (including phenoxy) is 1. The van der Waals surface area contributed by atoms with E-state index in [2.05, 4.69) is 26.6 Å². The number of anilines is 2. The molecule has 0 radical (unpaired) electrons. The molecule has 104 valence electrons. The summed E-state index contributed by atoms with van der Waals surface area (Å²) in [5.74, 6) is 0.512. The zero-order valence-electron chi connectivity index (χ0n) is 11.0. The minimum atomic E-state index is -0.130. The van der Waals surface area contributed by atoms with E-state index in [9.17, 15) is 4.79 Å². The first kappa shape index (κ1) is 14.4. The minimum Gasteiger partial charge on any atom is -0.495 e. The number of nitrogens with one attached hydrogen (secondary N) is 2. The molecule has 0 saturated carbocycles. The molecular formula is C15H15BrN2O2. The molecule has 0 aliphatic rings. The van der Waals surface area contributed by atoms with Gasteiger partial charge in [0, 0.05) is 10.2 Å². The number of benzene rings is 2. The van der Waals surface area contributed by atoms with Crippen molar-refractivity contribution in [2.24, 2.45) is 0 Å². The van der Waals surface area contributed by atoms with Gasteiger partial charge in [0.25, 0.3) is 0 Å². The van der Waals surface area contributed by atoms with Gasteiger partial charge in [0.15, 0.2) is 0 Å². The third-order valence-electron chi connectivity index (χ3n) is 2.66. The van der Waals surface area contributed by atoms with Gasteiger partial charge in [-0.2, -0.15) is 0 Å². The predicted molar refractivity (Wildman–Crippen MR) is 84.3 cm³/mol. The van der Waals surface area contributed by atoms with Crippen LogP contribution in [-0.4, -0.2) is 19.6 Å². The molecule has 5 heteroatoms. The number of hydrogen-bond donors (Lipinski definition) is 2. The van der Waals surface area contributed by atoms with Crippen LogP contribution in [0.15, 0.2) is 53.0 Å². The summed E-state index contributed by atoms with van der Waals surface area (Å²) in [6, 6.07) is 15.0. The SMILES string of the molecule is COc1ccccc1NC(=O)CNc1cccc(Br)c1. The molecule has 0 bridgehead atoms. The van der Waals surface area contributed by atoms with Crippen LogP contribution in [0.5, 0.6) is 5.75 Å². The first-order valence-corrected chi connectivity index (χ1v) is 6.90. The van der Waals surface area contributed by atoms with Gasteiger partial charge in [-0.15, -0.1) is 0 Å². The molecule has 2 rings (SSSR count). The highest BCUT2D eigenvalue weighted by molar-refractivity contribution is 9.10. The second kappa shape index (κ2) is 6.96. The van der Waals surface area contributed by atoms with Gasteiger partial charge < -0.3 is 15.4 Å². The van der Waals surface area contributed by atoms with Gasteiger partial charge >= 0.3 is 0 Å². The van der Waals surface area contributed by atoms with Crippen molar-refractivity contribution < 1.29 is 9.53 Å². The maximum atomic E-state index is 11.9. The number of hydrogen-bond acceptors (Lipinski definition) is 3. The molecule has 2 aromatic carbocycles. The van der Waals surface area contributed by atoms with Crippen LogP contribution in [0.4, 0.5) is 11.4 Å². The minimum absolute atomic E-state index is 0.130. The Kier molecular flexibility index (Phi) is 5.01. The van der Waals surface area contributed by atoms with Gasteiger partial charge in [0.05, 0.1) is 19.3 Å². The molecule has 0 aliphatic carbocycles.